The summed E-state index contributed by atoms with van der Waals surface area (Å²) in [4.78, 5) is 4.95. The van der Waals surface area contributed by atoms with Gasteiger partial charge in [-0.3, -0.25) is 0 Å². The van der Waals surface area contributed by atoms with E-state index in [4.69, 9.17) is 0 Å². The van der Waals surface area contributed by atoms with Gasteiger partial charge in [0.15, 0.2) is 0 Å². The summed E-state index contributed by atoms with van der Waals surface area (Å²) in [7, 11) is 4.36. The summed E-state index contributed by atoms with van der Waals surface area (Å²) in [6, 6.07) is 10.8. The van der Waals surface area contributed by atoms with Crippen molar-refractivity contribution in [3.8, 4) is 0 Å². The van der Waals surface area contributed by atoms with Crippen molar-refractivity contribution in [2.45, 2.75) is 18.8 Å². The highest BCUT2D eigenvalue weighted by atomic mass is 32.1. The molecule has 0 radical (unpaired) electrons. The molecule has 0 N–H and O–H groups in total. The third-order valence-corrected chi connectivity index (χ3v) is 4.74. The van der Waals surface area contributed by atoms with E-state index in [1.54, 1.807) is 0 Å². The van der Waals surface area contributed by atoms with Gasteiger partial charge in [-0.1, -0.05) is 30.3 Å². The Hall–Kier alpha value is -0.510. The fraction of sp³-hybridized carbons (Fsp3) is 0.647. The molecule has 20 heavy (non-hydrogen) atoms. The molecular formula is C17H28N2S. The molecule has 1 aliphatic rings. The Balaban J connectivity index is 1.82. The second-order valence-electron chi connectivity index (χ2n) is 6.30. The smallest absolute Gasteiger partial charge is 0.00581 e. The summed E-state index contributed by atoms with van der Waals surface area (Å²) in [5, 5.41) is 0. The van der Waals surface area contributed by atoms with Crippen LogP contribution in [0, 0.1) is 5.92 Å². The van der Waals surface area contributed by atoms with Gasteiger partial charge in [0.1, 0.15) is 0 Å². The molecule has 112 valence electrons. The van der Waals surface area contributed by atoms with Crippen LogP contribution in [-0.4, -0.2) is 55.8 Å². The summed E-state index contributed by atoms with van der Waals surface area (Å²) in [5.74, 6) is 2.37. The van der Waals surface area contributed by atoms with Crippen molar-refractivity contribution in [3.05, 3.63) is 35.9 Å². The molecule has 0 saturated carbocycles. The third kappa shape index (κ3) is 4.80. The van der Waals surface area contributed by atoms with E-state index in [-0.39, 0.29) is 0 Å². The number of benzene rings is 1. The van der Waals surface area contributed by atoms with Gasteiger partial charge >= 0.3 is 0 Å². The maximum Gasteiger partial charge on any atom is 0.00581 e. The molecule has 1 aliphatic heterocycles. The normalized spacial score (nSPS) is 19.4. The third-order valence-electron chi connectivity index (χ3n) is 4.30. The van der Waals surface area contributed by atoms with Gasteiger partial charge in [-0.15, -0.1) is 0 Å². The Morgan fingerprint density at radius 1 is 1.20 bits per heavy atom. The lowest BCUT2D eigenvalue weighted by atomic mass is 9.94. The van der Waals surface area contributed by atoms with E-state index in [0.29, 0.717) is 5.92 Å². The standard InChI is InChI=1S/C17H28N2S/c1-18(2)12-15-8-10-19(11-9-15)13-17(14-20)16-6-4-3-5-7-16/h3-7,15,17,20H,8-14H2,1-2H3. The Morgan fingerprint density at radius 2 is 1.85 bits per heavy atom. The number of nitrogens with zero attached hydrogens (tertiary/aromatic N) is 2. The quantitative estimate of drug-likeness (QED) is 0.805. The molecule has 0 spiro atoms. The first-order valence-electron chi connectivity index (χ1n) is 7.72. The molecule has 2 rings (SSSR count). The fourth-order valence-electron chi connectivity index (χ4n) is 3.17. The molecule has 1 aromatic carbocycles. The first-order chi connectivity index (χ1) is 9.69. The van der Waals surface area contributed by atoms with E-state index in [0.717, 1.165) is 18.2 Å². The van der Waals surface area contributed by atoms with Crippen LogP contribution in [0.2, 0.25) is 0 Å². The molecule has 3 heteroatoms. The van der Waals surface area contributed by atoms with Crippen LogP contribution in [0.25, 0.3) is 0 Å². The zero-order valence-electron chi connectivity index (χ0n) is 12.8. The molecule has 1 saturated heterocycles. The van der Waals surface area contributed by atoms with Gasteiger partial charge in [0.25, 0.3) is 0 Å². The minimum atomic E-state index is 0.560. The highest BCUT2D eigenvalue weighted by Gasteiger charge is 2.22. The van der Waals surface area contributed by atoms with E-state index < -0.39 is 0 Å². The average molecular weight is 292 g/mol. The number of hydrogen-bond acceptors (Lipinski definition) is 3. The van der Waals surface area contributed by atoms with Crippen molar-refractivity contribution in [2.75, 3.05) is 46.0 Å². The number of hydrogen-bond donors (Lipinski definition) is 1. The number of rotatable bonds is 6. The zero-order chi connectivity index (χ0) is 14.4. The minimum Gasteiger partial charge on any atom is -0.309 e. The van der Waals surface area contributed by atoms with Crippen LogP contribution < -0.4 is 0 Å². The van der Waals surface area contributed by atoms with Crippen LogP contribution in [0.1, 0.15) is 24.3 Å². The maximum atomic E-state index is 4.56. The van der Waals surface area contributed by atoms with Gasteiger partial charge in [-0.25, -0.2) is 0 Å². The van der Waals surface area contributed by atoms with Crippen LogP contribution in [0.4, 0.5) is 0 Å². The van der Waals surface area contributed by atoms with Crippen LogP contribution in [0.15, 0.2) is 30.3 Å². The molecule has 1 fully saturated rings. The van der Waals surface area contributed by atoms with Crippen LogP contribution >= 0.6 is 12.6 Å². The fourth-order valence-corrected chi connectivity index (χ4v) is 3.50. The Kier molecular flexibility index (Phi) is 6.40. The lowest BCUT2D eigenvalue weighted by Crippen LogP contribution is -2.39. The Bertz CT molecular complexity index is 372. The molecule has 1 heterocycles. The largest absolute Gasteiger partial charge is 0.309 e. The number of piperidine rings is 1. The van der Waals surface area contributed by atoms with Crippen LogP contribution in [-0.2, 0) is 0 Å². The highest BCUT2D eigenvalue weighted by Crippen LogP contribution is 2.23. The second-order valence-corrected chi connectivity index (χ2v) is 6.66. The topological polar surface area (TPSA) is 6.48 Å². The molecular weight excluding hydrogens is 264 g/mol. The first kappa shape index (κ1) is 15.9. The van der Waals surface area contributed by atoms with Gasteiger partial charge in [0, 0.05) is 19.0 Å². The SMILES string of the molecule is CN(C)CC1CCN(CC(CS)c2ccccc2)CC1. The molecule has 2 nitrogen and oxygen atoms in total. The van der Waals surface area contributed by atoms with Crippen LogP contribution in [0.5, 0.6) is 0 Å². The van der Waals surface area contributed by atoms with Crippen molar-refractivity contribution < 1.29 is 0 Å². The van der Waals surface area contributed by atoms with E-state index in [2.05, 4.69) is 66.9 Å². The maximum absolute atomic E-state index is 4.56. The molecule has 0 aromatic heterocycles. The Labute approximate surface area is 129 Å². The van der Waals surface area contributed by atoms with E-state index in [1.165, 1.54) is 38.0 Å². The summed E-state index contributed by atoms with van der Waals surface area (Å²) in [5.41, 5.74) is 1.43. The molecule has 1 aromatic rings. The monoisotopic (exact) mass is 292 g/mol. The Morgan fingerprint density at radius 3 is 2.40 bits per heavy atom. The minimum absolute atomic E-state index is 0.560. The number of likely N-dealkylation sites (tertiary alicyclic amines) is 1. The molecule has 0 aliphatic carbocycles. The van der Waals surface area contributed by atoms with E-state index in [1.807, 2.05) is 0 Å². The molecule has 1 unspecified atom stereocenters. The summed E-state index contributed by atoms with van der Waals surface area (Å²) in [6.45, 7) is 4.88. The lowest BCUT2D eigenvalue weighted by molar-refractivity contribution is 0.158. The van der Waals surface area contributed by atoms with Crippen molar-refractivity contribution in [3.63, 3.8) is 0 Å². The molecule has 0 bridgehead atoms. The van der Waals surface area contributed by atoms with Gasteiger partial charge in [0.05, 0.1) is 0 Å². The predicted molar refractivity (Wildman–Crippen MR) is 90.8 cm³/mol. The van der Waals surface area contributed by atoms with Crippen molar-refractivity contribution >= 4 is 12.6 Å². The van der Waals surface area contributed by atoms with Gasteiger partial charge in [-0.05, 0) is 57.3 Å². The molecule has 0 amide bonds. The lowest BCUT2D eigenvalue weighted by Gasteiger charge is -2.35. The van der Waals surface area contributed by atoms with Crippen LogP contribution in [0.3, 0.4) is 0 Å². The van der Waals surface area contributed by atoms with Crippen molar-refractivity contribution in [2.24, 2.45) is 5.92 Å². The summed E-state index contributed by atoms with van der Waals surface area (Å²) >= 11 is 4.56. The van der Waals surface area contributed by atoms with Crippen molar-refractivity contribution in [1.82, 2.24) is 9.80 Å². The number of thiol groups is 1. The van der Waals surface area contributed by atoms with Crippen molar-refractivity contribution in [1.29, 1.82) is 0 Å². The molecule has 1 atom stereocenters. The van der Waals surface area contributed by atoms with Gasteiger partial charge in [0.2, 0.25) is 0 Å². The summed E-state index contributed by atoms with van der Waals surface area (Å²) in [6.07, 6.45) is 2.68. The van der Waals surface area contributed by atoms with E-state index >= 15 is 0 Å². The van der Waals surface area contributed by atoms with Gasteiger partial charge < -0.3 is 9.80 Å². The average Bonchev–Trinajstić information content (AvgIpc) is 2.47. The first-order valence-corrected chi connectivity index (χ1v) is 8.35. The second kappa shape index (κ2) is 8.06. The predicted octanol–water partition coefficient (Wildman–Crippen LogP) is 2.97. The summed E-state index contributed by atoms with van der Waals surface area (Å²) < 4.78 is 0. The zero-order valence-corrected chi connectivity index (χ0v) is 13.7. The highest BCUT2D eigenvalue weighted by molar-refractivity contribution is 7.80. The van der Waals surface area contributed by atoms with E-state index in [9.17, 15) is 0 Å². The van der Waals surface area contributed by atoms with Gasteiger partial charge in [-0.2, -0.15) is 12.6 Å².